The number of hydrogen-bond acceptors (Lipinski definition) is 19. The fourth-order valence-corrected chi connectivity index (χ4v) is 7.80. The second-order valence-corrected chi connectivity index (χ2v) is 17.8. The molecule has 0 aliphatic heterocycles. The van der Waals surface area contributed by atoms with E-state index in [0.717, 1.165) is 38.1 Å². The first-order chi connectivity index (χ1) is 36.5. The predicted octanol–water partition coefficient (Wildman–Crippen LogP) is 11.8. The van der Waals surface area contributed by atoms with Gasteiger partial charge in [0.15, 0.2) is 0 Å². The number of nitrogens with one attached hydrogen (secondary N) is 2. The van der Waals surface area contributed by atoms with Crippen LogP contribution in [0.2, 0.25) is 5.15 Å². The fraction of sp³-hybridized carbons (Fsp3) is 0.152. The molecular formula is C46H39BBrClF7N16O2S2+. The molecule has 0 aliphatic rings. The first kappa shape index (κ1) is 59.0. The Morgan fingerprint density at radius 1 is 0.618 bits per heavy atom. The molecule has 0 saturated heterocycles. The maximum Gasteiger partial charge on any atom is 0.471 e. The van der Waals surface area contributed by atoms with Crippen molar-refractivity contribution in [3.05, 3.63) is 178 Å². The van der Waals surface area contributed by atoms with E-state index in [4.69, 9.17) is 21.7 Å². The summed E-state index contributed by atoms with van der Waals surface area (Å²) >= 11 is 11.2. The molecule has 0 atom stereocenters. The molecule has 392 valence electrons. The molecule has 30 heteroatoms. The van der Waals surface area contributed by atoms with Gasteiger partial charge in [-0.3, -0.25) is 15.0 Å². The molecule has 18 nitrogen and oxygen atoms in total. The van der Waals surface area contributed by atoms with Crippen LogP contribution < -0.4 is 20.9 Å². The van der Waals surface area contributed by atoms with Crippen molar-refractivity contribution < 1.29 is 44.3 Å². The number of anilines is 5. The zero-order valence-electron chi connectivity index (χ0n) is 39.6. The lowest BCUT2D eigenvalue weighted by Crippen LogP contribution is -2.36. The number of nitrogens with two attached hydrogens (primary N) is 1. The number of alkyl halides is 7. The van der Waals surface area contributed by atoms with Gasteiger partial charge in [-0.15, -0.1) is 22.7 Å². The van der Waals surface area contributed by atoms with Crippen LogP contribution in [0.4, 0.5) is 59.7 Å². The van der Waals surface area contributed by atoms with E-state index >= 15 is 0 Å². The first-order valence-electron chi connectivity index (χ1n) is 21.3. The van der Waals surface area contributed by atoms with Gasteiger partial charge in [0.1, 0.15) is 41.5 Å². The first-order valence-corrected chi connectivity index (χ1v) is 24.4. The van der Waals surface area contributed by atoms with E-state index in [1.54, 1.807) is 86.4 Å². The van der Waals surface area contributed by atoms with E-state index in [9.17, 15) is 26.3 Å². The lowest BCUT2D eigenvalue weighted by atomic mass is 10.3. The van der Waals surface area contributed by atoms with Crippen molar-refractivity contribution in [1.29, 1.82) is 0 Å². The number of pyridine rings is 3. The standard InChI is InChI=1S/C18H13F3N6OS.C10H10N4.C8H4BrF3N2OS.C6H8N2.C4H3ClN2.BF/c1-11-3-2-6-23-15(11)24-14-9-22-7-8-27(14)10-12-4-5-13(29-12)16-25-17(28-26-16)18(19,20)21;1-8-3-2-4-13-10(8)14-9-7-11-5-6-12-9;9-3-4-1-2-5(16-4)6-13-7(15-14-6)8(10,11)12;1-5-3-2-4-8-6(5)7;5-4-3-6-1-2-7-4;1-2/h2-9H,10H2,1H3;2-7H,1H3,(H,12,13,14);1-2H,3H2;2-4H,1H3,(H2,7,8);1-3H;/p+1. The zero-order chi connectivity index (χ0) is 55.1. The predicted molar refractivity (Wildman–Crippen MR) is 275 cm³/mol. The van der Waals surface area contributed by atoms with Crippen molar-refractivity contribution in [2.24, 2.45) is 0 Å². The van der Waals surface area contributed by atoms with Gasteiger partial charge in [0.05, 0.1) is 28.3 Å². The fourth-order valence-electron chi connectivity index (χ4n) is 5.45. The molecule has 10 heterocycles. The van der Waals surface area contributed by atoms with Gasteiger partial charge in [0.25, 0.3) is 5.82 Å². The molecule has 76 heavy (non-hydrogen) atoms. The van der Waals surface area contributed by atoms with Crippen molar-refractivity contribution in [1.82, 2.24) is 60.2 Å². The average molecular weight is 1170 g/mol. The number of aryl methyl sites for hydroxylation is 3. The number of rotatable bonds is 9. The van der Waals surface area contributed by atoms with Gasteiger partial charge in [0.2, 0.25) is 17.5 Å². The van der Waals surface area contributed by atoms with Gasteiger partial charge in [0, 0.05) is 64.0 Å². The van der Waals surface area contributed by atoms with Crippen LogP contribution in [0.5, 0.6) is 0 Å². The summed E-state index contributed by atoms with van der Waals surface area (Å²) in [5.74, 6) is 0.769. The van der Waals surface area contributed by atoms with Crippen molar-refractivity contribution >= 4 is 87.4 Å². The molecule has 0 spiro atoms. The van der Waals surface area contributed by atoms with Crippen LogP contribution in [-0.4, -0.2) is 68.3 Å². The Morgan fingerprint density at radius 2 is 1.13 bits per heavy atom. The highest BCUT2D eigenvalue weighted by molar-refractivity contribution is 9.08. The Morgan fingerprint density at radius 3 is 1.57 bits per heavy atom. The molecule has 0 bridgehead atoms. The average Bonchev–Trinajstić information content (AvgIpc) is 4.28. The highest BCUT2D eigenvalue weighted by atomic mass is 79.9. The minimum Gasteiger partial charge on any atom is -0.383 e. The molecule has 2 radical (unpaired) electrons. The van der Waals surface area contributed by atoms with Crippen LogP contribution >= 0.6 is 50.2 Å². The largest absolute Gasteiger partial charge is 0.471 e. The Kier molecular flexibility index (Phi) is 22.7. The van der Waals surface area contributed by atoms with Gasteiger partial charge in [-0.25, -0.2) is 34.8 Å². The summed E-state index contributed by atoms with van der Waals surface area (Å²) in [5.41, 5.74) is 8.51. The molecule has 0 amide bonds. The minimum absolute atomic E-state index is 0.0375. The molecule has 0 unspecified atom stereocenters. The van der Waals surface area contributed by atoms with Gasteiger partial charge < -0.3 is 24.4 Å². The second-order valence-electron chi connectivity index (χ2n) is 14.5. The van der Waals surface area contributed by atoms with Crippen molar-refractivity contribution in [3.63, 3.8) is 0 Å². The normalized spacial score (nSPS) is 10.6. The van der Waals surface area contributed by atoms with Gasteiger partial charge in [-0.2, -0.15) is 36.3 Å². The molecule has 4 N–H and O–H groups in total. The van der Waals surface area contributed by atoms with E-state index in [1.165, 1.54) is 28.9 Å². The maximum atomic E-state index is 12.6. The topological polar surface area (TPSA) is 235 Å². The molecule has 0 saturated carbocycles. The van der Waals surface area contributed by atoms with Crippen LogP contribution in [0.3, 0.4) is 0 Å². The molecular weight excluding hydrogens is 1130 g/mol. The number of halogens is 9. The lowest BCUT2D eigenvalue weighted by Gasteiger charge is -2.06. The summed E-state index contributed by atoms with van der Waals surface area (Å²) in [6, 6.07) is 18.4. The van der Waals surface area contributed by atoms with Crippen LogP contribution in [0, 0.1) is 20.8 Å². The SMILES string of the molecule is Cc1cccnc1N.Cc1cccnc1Nc1cncc[n+]1Cc1ccc(-c2noc(C(F)(F)F)n2)s1.Cc1cccnc1Nc1cnccn1.Clc1cnccn1.FC(F)(F)c1nc(-c2ccc(CBr)s2)no1.[B]F. The third-order valence-corrected chi connectivity index (χ3v) is 12.4. The molecule has 10 aromatic heterocycles. The summed E-state index contributed by atoms with van der Waals surface area (Å²) < 4.78 is 93.9. The summed E-state index contributed by atoms with van der Waals surface area (Å²) in [6.07, 6.45) is 10.5. The van der Waals surface area contributed by atoms with Crippen LogP contribution in [0.1, 0.15) is 38.2 Å². The quantitative estimate of drug-likeness (QED) is 0.0527. The number of aromatic nitrogens is 13. The molecule has 0 aliphatic carbocycles. The van der Waals surface area contributed by atoms with Gasteiger partial charge in [-0.05, 0) is 74.4 Å². The maximum absolute atomic E-state index is 12.6. The van der Waals surface area contributed by atoms with E-state index in [1.807, 2.05) is 67.8 Å². The van der Waals surface area contributed by atoms with Gasteiger partial charge >= 0.3 is 32.3 Å². The molecule has 10 rings (SSSR count). The summed E-state index contributed by atoms with van der Waals surface area (Å²) in [6.45, 7) is 6.35. The minimum atomic E-state index is -4.66. The smallest absolute Gasteiger partial charge is 0.383 e. The van der Waals surface area contributed by atoms with Crippen LogP contribution in [0.25, 0.3) is 21.4 Å². The van der Waals surface area contributed by atoms with E-state index in [0.29, 0.717) is 44.2 Å². The Labute approximate surface area is 450 Å². The van der Waals surface area contributed by atoms with Crippen molar-refractivity contribution in [2.75, 3.05) is 16.4 Å². The molecule has 10 aromatic rings. The summed E-state index contributed by atoms with van der Waals surface area (Å²) in [5, 5.41) is 14.1. The van der Waals surface area contributed by atoms with E-state index in [2.05, 4.69) is 104 Å². The number of thiophene rings is 2. The molecule has 0 fully saturated rings. The third-order valence-electron chi connectivity index (χ3n) is 9.05. The zero-order valence-corrected chi connectivity index (χ0v) is 43.6. The molecule has 0 aromatic carbocycles. The van der Waals surface area contributed by atoms with Crippen LogP contribution in [0.15, 0.2) is 144 Å². The highest BCUT2D eigenvalue weighted by Gasteiger charge is 2.39. The van der Waals surface area contributed by atoms with Gasteiger partial charge in [-0.1, -0.05) is 56.0 Å². The Balaban J connectivity index is 0.000000192. The summed E-state index contributed by atoms with van der Waals surface area (Å²) in [7, 11) is 3.00. The van der Waals surface area contributed by atoms with Crippen molar-refractivity contribution in [3.8, 4) is 21.4 Å². The monoisotopic (exact) mass is 1170 g/mol. The Bertz CT molecular complexity index is 3280. The highest BCUT2D eigenvalue weighted by Crippen LogP contribution is 2.33. The number of hydrogen-bond donors (Lipinski definition) is 3. The van der Waals surface area contributed by atoms with E-state index in [-0.39, 0.29) is 11.6 Å². The Hall–Kier alpha value is -7.89. The van der Waals surface area contributed by atoms with E-state index < -0.39 is 24.1 Å². The second kappa shape index (κ2) is 29.3. The van der Waals surface area contributed by atoms with Crippen LogP contribution in [-0.2, 0) is 24.2 Å². The number of nitrogens with zero attached hydrogens (tertiary/aromatic N) is 13. The summed E-state index contributed by atoms with van der Waals surface area (Å²) in [4.78, 5) is 41.6. The lowest BCUT2D eigenvalue weighted by molar-refractivity contribution is -0.674. The third kappa shape index (κ3) is 18.8. The van der Waals surface area contributed by atoms with Crippen molar-refractivity contribution in [2.45, 2.75) is 45.0 Å². The number of nitrogen functional groups attached to an aromatic ring is 1.